The van der Waals surface area contributed by atoms with E-state index in [0.717, 1.165) is 0 Å². The first-order chi connectivity index (χ1) is 7.76. The number of carboxylic acid groups (broad SMARTS) is 1. The minimum Gasteiger partial charge on any atom is -0.480 e. The van der Waals surface area contributed by atoms with Crippen molar-refractivity contribution in [2.45, 2.75) is 26.1 Å². The zero-order chi connectivity index (χ0) is 13.2. The SMILES string of the molecule is CCn1nc(C)c(Cl)c1CS(=O)(=O)CC(=O)O. The summed E-state index contributed by atoms with van der Waals surface area (Å²) in [5.74, 6) is -2.69. The maximum Gasteiger partial charge on any atom is 0.318 e. The third-order valence-electron chi connectivity index (χ3n) is 2.15. The summed E-state index contributed by atoms with van der Waals surface area (Å²) in [7, 11) is -3.72. The Bertz CT molecular complexity index is 535. The van der Waals surface area contributed by atoms with Gasteiger partial charge < -0.3 is 5.11 Å². The number of nitrogens with zero attached hydrogens (tertiary/aromatic N) is 2. The van der Waals surface area contributed by atoms with Gasteiger partial charge in [0.1, 0.15) is 5.75 Å². The summed E-state index contributed by atoms with van der Waals surface area (Å²) in [4.78, 5) is 10.4. The molecule has 0 aromatic carbocycles. The zero-order valence-electron chi connectivity index (χ0n) is 9.47. The fourth-order valence-corrected chi connectivity index (χ4v) is 2.92. The molecule has 0 aliphatic carbocycles. The molecule has 1 N–H and O–H groups in total. The first kappa shape index (κ1) is 14.0. The number of aryl methyl sites for hydroxylation is 2. The van der Waals surface area contributed by atoms with Crippen LogP contribution in [0.4, 0.5) is 0 Å². The molecule has 17 heavy (non-hydrogen) atoms. The molecule has 1 aromatic heterocycles. The van der Waals surface area contributed by atoms with Crippen molar-refractivity contribution in [1.29, 1.82) is 0 Å². The highest BCUT2D eigenvalue weighted by Gasteiger charge is 2.22. The van der Waals surface area contributed by atoms with E-state index in [-0.39, 0.29) is 5.02 Å². The molecule has 0 amide bonds. The number of carboxylic acids is 1. The molecule has 8 heteroatoms. The average Bonchev–Trinajstić information content (AvgIpc) is 2.43. The molecule has 1 aromatic rings. The molecule has 0 aliphatic heterocycles. The molecule has 0 saturated heterocycles. The largest absolute Gasteiger partial charge is 0.480 e. The van der Waals surface area contributed by atoms with Crippen LogP contribution in [0, 0.1) is 6.92 Å². The lowest BCUT2D eigenvalue weighted by Gasteiger charge is -2.05. The van der Waals surface area contributed by atoms with Gasteiger partial charge in [0, 0.05) is 6.54 Å². The fourth-order valence-electron chi connectivity index (χ4n) is 1.45. The predicted molar refractivity (Wildman–Crippen MR) is 62.8 cm³/mol. The molecule has 6 nitrogen and oxygen atoms in total. The molecule has 0 fully saturated rings. The average molecular weight is 281 g/mol. The topological polar surface area (TPSA) is 89.3 Å². The number of sulfone groups is 1. The highest BCUT2D eigenvalue weighted by Crippen LogP contribution is 2.22. The van der Waals surface area contributed by atoms with Crippen molar-refractivity contribution in [1.82, 2.24) is 9.78 Å². The van der Waals surface area contributed by atoms with Crippen LogP contribution in [0.25, 0.3) is 0 Å². The second kappa shape index (κ2) is 5.05. The summed E-state index contributed by atoms with van der Waals surface area (Å²) in [6, 6.07) is 0. The normalized spacial score (nSPS) is 11.7. The van der Waals surface area contributed by atoms with Gasteiger partial charge in [-0.2, -0.15) is 5.10 Å². The number of aliphatic carboxylic acids is 1. The third kappa shape index (κ3) is 3.44. The summed E-state index contributed by atoms with van der Waals surface area (Å²) < 4.78 is 24.6. The van der Waals surface area contributed by atoms with E-state index in [9.17, 15) is 13.2 Å². The van der Waals surface area contributed by atoms with Crippen molar-refractivity contribution in [3.8, 4) is 0 Å². The zero-order valence-corrected chi connectivity index (χ0v) is 11.0. The highest BCUT2D eigenvalue weighted by molar-refractivity contribution is 7.91. The van der Waals surface area contributed by atoms with Gasteiger partial charge >= 0.3 is 5.97 Å². The van der Waals surface area contributed by atoms with Crippen LogP contribution in [0.15, 0.2) is 0 Å². The maximum absolute atomic E-state index is 11.6. The van der Waals surface area contributed by atoms with Crippen LogP contribution < -0.4 is 0 Å². The minimum atomic E-state index is -3.72. The molecule has 0 radical (unpaired) electrons. The van der Waals surface area contributed by atoms with Crippen LogP contribution in [0.3, 0.4) is 0 Å². The maximum atomic E-state index is 11.6. The molecule has 0 atom stereocenters. The van der Waals surface area contributed by atoms with Crippen LogP contribution >= 0.6 is 11.6 Å². The predicted octanol–water partition coefficient (Wildman–Crippen LogP) is 0.864. The summed E-state index contributed by atoms with van der Waals surface area (Å²) in [5.41, 5.74) is 0.877. The first-order valence-corrected chi connectivity index (χ1v) is 7.10. The Morgan fingerprint density at radius 1 is 1.53 bits per heavy atom. The number of aromatic nitrogens is 2. The van der Waals surface area contributed by atoms with Gasteiger partial charge in [0.25, 0.3) is 0 Å². The van der Waals surface area contributed by atoms with E-state index in [2.05, 4.69) is 5.10 Å². The van der Waals surface area contributed by atoms with E-state index in [1.54, 1.807) is 13.8 Å². The Labute approximate surface area is 104 Å². The number of carbonyl (C=O) groups is 1. The Morgan fingerprint density at radius 3 is 2.59 bits per heavy atom. The molecule has 0 bridgehead atoms. The summed E-state index contributed by atoms with van der Waals surface area (Å²) in [6.07, 6.45) is 0. The smallest absolute Gasteiger partial charge is 0.318 e. The fraction of sp³-hybridized carbons (Fsp3) is 0.556. The Balaban J connectivity index is 3.07. The van der Waals surface area contributed by atoms with Crippen LogP contribution in [0.2, 0.25) is 5.02 Å². The van der Waals surface area contributed by atoms with Gasteiger partial charge in [0.05, 0.1) is 22.2 Å². The molecule has 0 saturated carbocycles. The number of rotatable bonds is 5. The monoisotopic (exact) mass is 280 g/mol. The lowest BCUT2D eigenvalue weighted by Crippen LogP contribution is -2.19. The molecule has 0 unspecified atom stereocenters. The molecule has 1 heterocycles. The molecule has 0 aliphatic rings. The van der Waals surface area contributed by atoms with E-state index < -0.39 is 27.3 Å². The molecular formula is C9H13ClN2O4S. The third-order valence-corrected chi connectivity index (χ3v) is 4.04. The van der Waals surface area contributed by atoms with Crippen LogP contribution in [-0.4, -0.2) is 35.0 Å². The second-order valence-corrected chi connectivity index (χ2v) is 6.03. The van der Waals surface area contributed by atoms with Crippen molar-refractivity contribution >= 4 is 27.4 Å². The van der Waals surface area contributed by atoms with E-state index in [1.165, 1.54) is 4.68 Å². The van der Waals surface area contributed by atoms with E-state index in [0.29, 0.717) is 17.9 Å². The molecular weight excluding hydrogens is 268 g/mol. The quantitative estimate of drug-likeness (QED) is 0.864. The van der Waals surface area contributed by atoms with Gasteiger partial charge in [0.2, 0.25) is 0 Å². The molecule has 0 spiro atoms. The summed E-state index contributed by atoms with van der Waals surface area (Å²) in [6.45, 7) is 3.95. The van der Waals surface area contributed by atoms with Crippen molar-refractivity contribution in [2.24, 2.45) is 0 Å². The van der Waals surface area contributed by atoms with Crippen molar-refractivity contribution in [3.05, 3.63) is 16.4 Å². The van der Waals surface area contributed by atoms with Crippen LogP contribution in [0.1, 0.15) is 18.3 Å². The van der Waals surface area contributed by atoms with Crippen molar-refractivity contribution < 1.29 is 18.3 Å². The number of hydrogen-bond acceptors (Lipinski definition) is 4. The Morgan fingerprint density at radius 2 is 2.12 bits per heavy atom. The Hall–Kier alpha value is -1.08. The second-order valence-electron chi connectivity index (χ2n) is 3.59. The van der Waals surface area contributed by atoms with Gasteiger partial charge in [-0.05, 0) is 13.8 Å². The van der Waals surface area contributed by atoms with Gasteiger partial charge in [-0.1, -0.05) is 11.6 Å². The lowest BCUT2D eigenvalue weighted by atomic mass is 10.4. The van der Waals surface area contributed by atoms with E-state index >= 15 is 0 Å². The standard InChI is InChI=1S/C9H13ClN2O4S/c1-3-12-7(9(10)6(2)11-12)4-17(15,16)5-8(13)14/h3-5H2,1-2H3,(H,13,14). The number of halogens is 1. The first-order valence-electron chi connectivity index (χ1n) is 4.91. The van der Waals surface area contributed by atoms with Crippen LogP contribution in [-0.2, 0) is 26.9 Å². The molecule has 1 rings (SSSR count). The van der Waals surface area contributed by atoms with Gasteiger partial charge in [-0.15, -0.1) is 0 Å². The summed E-state index contributed by atoms with van der Waals surface area (Å²) in [5, 5.41) is 12.8. The minimum absolute atomic E-state index is 0.279. The molecule has 96 valence electrons. The lowest BCUT2D eigenvalue weighted by molar-refractivity contribution is -0.134. The van der Waals surface area contributed by atoms with Crippen LogP contribution in [0.5, 0.6) is 0 Å². The van der Waals surface area contributed by atoms with Gasteiger partial charge in [0.15, 0.2) is 9.84 Å². The number of hydrogen-bond donors (Lipinski definition) is 1. The van der Waals surface area contributed by atoms with E-state index in [1.807, 2.05) is 0 Å². The van der Waals surface area contributed by atoms with Crippen molar-refractivity contribution in [2.75, 3.05) is 5.75 Å². The Kier molecular flexibility index (Phi) is 4.16. The highest BCUT2D eigenvalue weighted by atomic mass is 35.5. The van der Waals surface area contributed by atoms with Crippen molar-refractivity contribution in [3.63, 3.8) is 0 Å². The van der Waals surface area contributed by atoms with E-state index in [4.69, 9.17) is 16.7 Å². The summed E-state index contributed by atoms with van der Waals surface area (Å²) >= 11 is 5.94. The van der Waals surface area contributed by atoms with Gasteiger partial charge in [-0.25, -0.2) is 8.42 Å². The van der Waals surface area contributed by atoms with Gasteiger partial charge in [-0.3, -0.25) is 9.48 Å².